The van der Waals surface area contributed by atoms with Crippen LogP contribution in [0.5, 0.6) is 0 Å². The van der Waals surface area contributed by atoms with Crippen molar-refractivity contribution < 1.29 is 4.79 Å². The number of ketones is 1. The summed E-state index contributed by atoms with van der Waals surface area (Å²) in [5, 5.41) is 3.58. The molecule has 0 radical (unpaired) electrons. The lowest BCUT2D eigenvalue weighted by Crippen LogP contribution is -2.29. The minimum Gasteiger partial charge on any atom is -0.372 e. The van der Waals surface area contributed by atoms with Gasteiger partial charge in [-0.05, 0) is 72.6 Å². The first-order valence-electron chi connectivity index (χ1n) is 17.2. The maximum Gasteiger partial charge on any atom is 0.167 e. The Morgan fingerprint density at radius 3 is 2.48 bits per heavy atom. The van der Waals surface area contributed by atoms with Gasteiger partial charge in [-0.25, -0.2) is 0 Å². The molecule has 0 spiro atoms. The quantitative estimate of drug-likeness (QED) is 0.0901. The first-order valence-corrected chi connectivity index (χ1v) is 17.7. The molecule has 1 unspecified atom stereocenters. The number of benzene rings is 2. The van der Waals surface area contributed by atoms with Crippen molar-refractivity contribution in [1.29, 1.82) is 0 Å². The summed E-state index contributed by atoms with van der Waals surface area (Å²) in [6, 6.07) is 14.1. The molecule has 0 bridgehead atoms. The van der Waals surface area contributed by atoms with Crippen molar-refractivity contribution in [2.75, 3.05) is 20.1 Å². The van der Waals surface area contributed by atoms with Crippen LogP contribution >= 0.6 is 11.6 Å². The third-order valence-electron chi connectivity index (χ3n) is 9.44. The Kier molecular flexibility index (Phi) is 13.2. The first kappa shape index (κ1) is 36.6. The number of hydrogen-bond acceptors (Lipinski definition) is 4. The van der Waals surface area contributed by atoms with Crippen LogP contribution in [0.4, 0.5) is 0 Å². The Morgan fingerprint density at radius 2 is 1.81 bits per heavy atom. The number of alkyl halides is 1. The minimum atomic E-state index is -0.0227. The molecule has 1 N–H and O–H groups in total. The van der Waals surface area contributed by atoms with Crippen LogP contribution < -0.4 is 10.8 Å². The van der Waals surface area contributed by atoms with E-state index in [4.69, 9.17) is 11.6 Å². The van der Waals surface area contributed by atoms with E-state index < -0.39 is 0 Å². The van der Waals surface area contributed by atoms with E-state index in [2.05, 4.69) is 85.6 Å². The van der Waals surface area contributed by atoms with Gasteiger partial charge in [-0.3, -0.25) is 4.79 Å². The maximum absolute atomic E-state index is 13.6. The van der Waals surface area contributed by atoms with Crippen molar-refractivity contribution in [3.05, 3.63) is 149 Å². The fraction of sp³-hybridized carbons (Fsp3) is 0.310. The summed E-state index contributed by atoms with van der Waals surface area (Å²) in [5.41, 5.74) is 11.6. The van der Waals surface area contributed by atoms with E-state index in [1.807, 2.05) is 51.3 Å². The zero-order valence-corrected chi connectivity index (χ0v) is 30.1. The molecule has 2 aromatic carbocycles. The maximum atomic E-state index is 13.6. The van der Waals surface area contributed by atoms with E-state index >= 15 is 0 Å². The van der Waals surface area contributed by atoms with Gasteiger partial charge < -0.3 is 15.1 Å². The van der Waals surface area contributed by atoms with Crippen molar-refractivity contribution in [1.82, 2.24) is 15.1 Å². The molecule has 250 valence electrons. The Balaban J connectivity index is 1.69. The Labute approximate surface area is 295 Å². The molecule has 0 amide bonds. The number of rotatable bonds is 15. The number of halogens is 1. The van der Waals surface area contributed by atoms with Crippen LogP contribution in [0.1, 0.15) is 79.4 Å². The number of nitrogens with one attached hydrogen (secondary N) is 1. The van der Waals surface area contributed by atoms with E-state index in [9.17, 15) is 4.79 Å². The molecule has 2 aromatic rings. The molecule has 2 aliphatic rings. The predicted octanol–water partition coefficient (Wildman–Crippen LogP) is 8.47. The van der Waals surface area contributed by atoms with Gasteiger partial charge in [-0.15, -0.1) is 11.6 Å². The zero-order valence-electron chi connectivity index (χ0n) is 29.4. The largest absolute Gasteiger partial charge is 0.372 e. The van der Waals surface area contributed by atoms with Crippen molar-refractivity contribution in [2.45, 2.75) is 64.2 Å². The van der Waals surface area contributed by atoms with E-state index in [-0.39, 0.29) is 11.2 Å². The highest BCUT2D eigenvalue weighted by atomic mass is 35.5. The Bertz CT molecular complexity index is 1690. The second-order valence-electron chi connectivity index (χ2n) is 12.7. The molecule has 48 heavy (non-hydrogen) atoms. The summed E-state index contributed by atoms with van der Waals surface area (Å²) < 4.78 is 0. The normalized spacial score (nSPS) is 16.4. The van der Waals surface area contributed by atoms with Crippen LogP contribution in [0, 0.1) is 0 Å². The summed E-state index contributed by atoms with van der Waals surface area (Å²) in [6.07, 6.45) is 16.5. The molecule has 0 aromatic heterocycles. The van der Waals surface area contributed by atoms with Gasteiger partial charge in [0.2, 0.25) is 0 Å². The highest BCUT2D eigenvalue weighted by Gasteiger charge is 2.25. The van der Waals surface area contributed by atoms with Crippen molar-refractivity contribution in [3.8, 4) is 0 Å². The fourth-order valence-electron chi connectivity index (χ4n) is 6.45. The lowest BCUT2D eigenvalue weighted by atomic mass is 9.84. The number of carbonyl (C=O) groups excluding carboxylic acids is 1. The number of hydrogen-bond donors (Lipinski definition) is 1. The lowest BCUT2D eigenvalue weighted by Gasteiger charge is -2.34. The van der Waals surface area contributed by atoms with E-state index in [1.165, 1.54) is 24.8 Å². The average molecular weight is 660 g/mol. The minimum absolute atomic E-state index is 0.0227. The zero-order chi connectivity index (χ0) is 34.8. The Hall–Kier alpha value is -4.22. The summed E-state index contributed by atoms with van der Waals surface area (Å²) in [4.78, 5) is 18.1. The van der Waals surface area contributed by atoms with Crippen LogP contribution in [0.3, 0.4) is 0 Å². The van der Waals surface area contributed by atoms with Gasteiger partial charge in [-0.1, -0.05) is 100 Å². The van der Waals surface area contributed by atoms with Crippen LogP contribution in [0.2, 0.25) is 0 Å². The van der Waals surface area contributed by atoms with Gasteiger partial charge in [0.25, 0.3) is 0 Å². The number of allylic oxidation sites excluding steroid dienone is 7. The number of nitrogens with zero attached hydrogens (tertiary/aromatic N) is 2. The number of carbonyl (C=O) groups is 1. The molecule has 4 nitrogen and oxygen atoms in total. The SMILES string of the molecule is Bc1cccc(C=C)c1C(=O)Cc1cccc(C2=C(CC(Cl)CC)N(C)C(=C)C(N/C(C=C)=C/C=C(\CC)C(=C)N3CCCCC3)=C2)c1. The number of likely N-dealkylation sites (tertiary alicyclic amines) is 1. The predicted molar refractivity (Wildman–Crippen MR) is 210 cm³/mol. The molecule has 1 fully saturated rings. The van der Waals surface area contributed by atoms with Crippen LogP contribution in [-0.4, -0.2) is 48.9 Å². The third kappa shape index (κ3) is 8.82. The molecule has 2 heterocycles. The van der Waals surface area contributed by atoms with Gasteiger partial charge in [0.1, 0.15) is 7.85 Å². The van der Waals surface area contributed by atoms with Crippen LogP contribution in [0.15, 0.2) is 127 Å². The molecule has 2 aliphatic heterocycles. The molecule has 0 saturated carbocycles. The molecule has 1 atom stereocenters. The van der Waals surface area contributed by atoms with Gasteiger partial charge >= 0.3 is 0 Å². The smallest absolute Gasteiger partial charge is 0.167 e. The summed E-state index contributed by atoms with van der Waals surface area (Å²) >= 11 is 6.77. The van der Waals surface area contributed by atoms with Gasteiger partial charge in [0.15, 0.2) is 5.78 Å². The first-order chi connectivity index (χ1) is 23.1. The van der Waals surface area contributed by atoms with Gasteiger partial charge in [-0.2, -0.15) is 0 Å². The lowest BCUT2D eigenvalue weighted by molar-refractivity contribution is 0.0994. The van der Waals surface area contributed by atoms with Crippen molar-refractivity contribution in [2.24, 2.45) is 0 Å². The number of Topliss-reactive ketones (excluding diaryl/α,β-unsaturated/α-hetero) is 1. The summed E-state index contributed by atoms with van der Waals surface area (Å²) in [7, 11) is 4.02. The molecular formula is C42H51BClN3O. The van der Waals surface area contributed by atoms with E-state index in [0.717, 1.165) is 87.7 Å². The average Bonchev–Trinajstić information content (AvgIpc) is 3.10. The monoisotopic (exact) mass is 659 g/mol. The second-order valence-corrected chi connectivity index (χ2v) is 13.3. The summed E-state index contributed by atoms with van der Waals surface area (Å²) in [6.45, 7) is 23.3. The van der Waals surface area contributed by atoms with Crippen LogP contribution in [-0.2, 0) is 6.42 Å². The number of likely N-dealkylation sites (N-methyl/N-ethyl adjacent to an activating group) is 1. The van der Waals surface area contributed by atoms with E-state index in [0.29, 0.717) is 12.8 Å². The highest BCUT2D eigenvalue weighted by Crippen LogP contribution is 2.36. The highest BCUT2D eigenvalue weighted by molar-refractivity contribution is 6.37. The molecule has 6 heteroatoms. The molecular weight excluding hydrogens is 609 g/mol. The van der Waals surface area contributed by atoms with Crippen LogP contribution in [0.25, 0.3) is 11.6 Å². The fourth-order valence-corrected chi connectivity index (χ4v) is 6.60. The molecule has 4 rings (SSSR count). The number of piperidine rings is 1. The standard InChI is InChI=1S/C42H51BClN3O/c1-8-32(29(5)47-23-13-12-14-24-47)21-22-36(11-4)45-39-28-37(40(27-35(44)10-3)46(7)30(39)6)34-19-15-17-31(25-34)26-41(48)42-33(9-2)18-16-20-38(42)43/h9,11,15-22,25,28,35,45H,2,4-6,8,10,12-14,23-24,26-27,43H2,1,3,7H3/b32-21+,36-22+. The topological polar surface area (TPSA) is 35.6 Å². The van der Waals surface area contributed by atoms with Crippen molar-refractivity contribution >= 4 is 42.3 Å². The molecule has 0 aliphatic carbocycles. The van der Waals surface area contributed by atoms with E-state index in [1.54, 1.807) is 6.08 Å². The third-order valence-corrected chi connectivity index (χ3v) is 9.90. The summed E-state index contributed by atoms with van der Waals surface area (Å²) in [5.74, 6) is 0.0800. The van der Waals surface area contributed by atoms with Gasteiger partial charge in [0.05, 0.1) is 11.4 Å². The van der Waals surface area contributed by atoms with Gasteiger partial charge in [0, 0.05) is 66.6 Å². The second kappa shape index (κ2) is 17.3. The Morgan fingerprint density at radius 1 is 1.08 bits per heavy atom. The van der Waals surface area contributed by atoms with Crippen molar-refractivity contribution in [3.63, 3.8) is 0 Å². The molecule has 1 saturated heterocycles.